The van der Waals surface area contributed by atoms with Gasteiger partial charge in [-0.1, -0.05) is 38.1 Å². The molecule has 0 radical (unpaired) electrons. The van der Waals surface area contributed by atoms with Crippen LogP contribution in [0, 0.1) is 0 Å². The summed E-state index contributed by atoms with van der Waals surface area (Å²) in [6, 6.07) is 13.8. The molecule has 0 bridgehead atoms. The Morgan fingerprint density at radius 1 is 1.07 bits per heavy atom. The molecule has 0 saturated heterocycles. The van der Waals surface area contributed by atoms with E-state index >= 15 is 0 Å². The lowest BCUT2D eigenvalue weighted by molar-refractivity contribution is -0.116. The maximum Gasteiger partial charge on any atom is 0.338 e. The van der Waals surface area contributed by atoms with Gasteiger partial charge in [0, 0.05) is 35.5 Å². The SMILES string of the molecule is C=C1c2ccccc2C(=O)N1CCC(=O)Nc1ccc(C(=O)OCCCC)cc1. The minimum atomic E-state index is -0.373. The van der Waals surface area contributed by atoms with Gasteiger partial charge >= 0.3 is 5.97 Å². The van der Waals surface area contributed by atoms with Gasteiger partial charge in [-0.15, -0.1) is 0 Å². The molecule has 0 aliphatic carbocycles. The van der Waals surface area contributed by atoms with E-state index in [0.717, 1.165) is 18.4 Å². The maximum absolute atomic E-state index is 12.5. The van der Waals surface area contributed by atoms with Gasteiger partial charge in [0.1, 0.15) is 0 Å². The highest BCUT2D eigenvalue weighted by Crippen LogP contribution is 2.31. The van der Waals surface area contributed by atoms with Crippen LogP contribution in [0.25, 0.3) is 5.70 Å². The van der Waals surface area contributed by atoms with Crippen LogP contribution in [0.1, 0.15) is 52.5 Å². The van der Waals surface area contributed by atoms with Crippen LogP contribution in [-0.2, 0) is 9.53 Å². The van der Waals surface area contributed by atoms with Crippen LogP contribution in [0.2, 0.25) is 0 Å². The molecule has 6 heteroatoms. The van der Waals surface area contributed by atoms with Gasteiger partial charge in [-0.25, -0.2) is 4.79 Å². The molecule has 0 fully saturated rings. The number of amides is 2. The third-order valence-corrected chi connectivity index (χ3v) is 4.74. The van der Waals surface area contributed by atoms with Crippen LogP contribution in [0.15, 0.2) is 55.1 Å². The molecular weight excluding hydrogens is 368 g/mol. The largest absolute Gasteiger partial charge is 0.462 e. The highest BCUT2D eigenvalue weighted by molar-refractivity contribution is 6.09. The molecule has 3 rings (SSSR count). The van der Waals surface area contributed by atoms with Crippen LogP contribution in [-0.4, -0.2) is 35.8 Å². The van der Waals surface area contributed by atoms with Crippen LogP contribution >= 0.6 is 0 Å². The van der Waals surface area contributed by atoms with Crippen LogP contribution in [0.5, 0.6) is 0 Å². The monoisotopic (exact) mass is 392 g/mol. The van der Waals surface area contributed by atoms with Crippen molar-refractivity contribution in [1.82, 2.24) is 4.90 Å². The van der Waals surface area contributed by atoms with Crippen molar-refractivity contribution in [2.45, 2.75) is 26.2 Å². The zero-order valence-electron chi connectivity index (χ0n) is 16.4. The lowest BCUT2D eigenvalue weighted by atomic mass is 10.1. The molecule has 0 atom stereocenters. The number of ether oxygens (including phenoxy) is 1. The lowest BCUT2D eigenvalue weighted by Gasteiger charge is -2.17. The van der Waals surface area contributed by atoms with E-state index in [0.29, 0.717) is 29.1 Å². The molecule has 150 valence electrons. The molecule has 2 amide bonds. The van der Waals surface area contributed by atoms with E-state index < -0.39 is 0 Å². The van der Waals surface area contributed by atoms with Gasteiger partial charge in [-0.3, -0.25) is 9.59 Å². The number of nitrogens with zero attached hydrogens (tertiary/aromatic N) is 1. The number of hydrogen-bond donors (Lipinski definition) is 1. The fourth-order valence-corrected chi connectivity index (χ4v) is 3.09. The number of benzene rings is 2. The summed E-state index contributed by atoms with van der Waals surface area (Å²) < 4.78 is 5.16. The Kier molecular flexibility index (Phi) is 6.44. The van der Waals surface area contributed by atoms with Gasteiger partial charge < -0.3 is 15.0 Å². The molecule has 0 saturated carbocycles. The summed E-state index contributed by atoms with van der Waals surface area (Å²) in [6.45, 7) is 6.65. The fraction of sp³-hybridized carbons (Fsp3) is 0.261. The Morgan fingerprint density at radius 2 is 1.76 bits per heavy atom. The van der Waals surface area contributed by atoms with Crippen molar-refractivity contribution >= 4 is 29.2 Å². The predicted octanol–water partition coefficient (Wildman–Crippen LogP) is 4.10. The Bertz CT molecular complexity index is 899. The molecule has 0 aromatic heterocycles. The Balaban J connectivity index is 1.51. The highest BCUT2D eigenvalue weighted by Gasteiger charge is 2.30. The minimum absolute atomic E-state index is 0.135. The molecule has 0 spiro atoms. The predicted molar refractivity (Wildman–Crippen MR) is 111 cm³/mol. The zero-order chi connectivity index (χ0) is 20.8. The fourth-order valence-electron chi connectivity index (χ4n) is 3.09. The molecule has 1 aliphatic heterocycles. The van der Waals surface area contributed by atoms with Crippen LogP contribution < -0.4 is 5.32 Å². The number of carbonyl (C=O) groups is 3. The third kappa shape index (κ3) is 4.71. The lowest BCUT2D eigenvalue weighted by Crippen LogP contribution is -2.27. The molecule has 1 aliphatic rings. The van der Waals surface area contributed by atoms with E-state index in [1.807, 2.05) is 25.1 Å². The number of carbonyl (C=O) groups excluding carboxylic acids is 3. The van der Waals surface area contributed by atoms with Gasteiger partial charge in [0.25, 0.3) is 5.91 Å². The van der Waals surface area contributed by atoms with Crippen molar-refractivity contribution in [3.63, 3.8) is 0 Å². The summed E-state index contributed by atoms with van der Waals surface area (Å²) in [6.07, 6.45) is 1.93. The Labute approximate surface area is 170 Å². The molecular formula is C23H24N2O4. The quantitative estimate of drug-likeness (QED) is 0.542. The topological polar surface area (TPSA) is 75.7 Å². The van der Waals surface area contributed by atoms with Crippen molar-refractivity contribution in [3.8, 4) is 0 Å². The van der Waals surface area contributed by atoms with Gasteiger partial charge in [0.15, 0.2) is 0 Å². The summed E-state index contributed by atoms with van der Waals surface area (Å²) in [7, 11) is 0. The molecule has 1 N–H and O–H groups in total. The normalized spacial score (nSPS) is 12.7. The van der Waals surface area contributed by atoms with E-state index in [9.17, 15) is 14.4 Å². The van der Waals surface area contributed by atoms with E-state index in [1.165, 1.54) is 4.90 Å². The van der Waals surface area contributed by atoms with E-state index in [2.05, 4.69) is 11.9 Å². The van der Waals surface area contributed by atoms with Crippen LogP contribution in [0.3, 0.4) is 0 Å². The average Bonchev–Trinajstić information content (AvgIpc) is 2.97. The number of fused-ring (bicyclic) bond motifs is 1. The van der Waals surface area contributed by atoms with Crippen molar-refractivity contribution in [1.29, 1.82) is 0 Å². The second kappa shape index (κ2) is 9.19. The number of unbranched alkanes of at least 4 members (excludes halogenated alkanes) is 1. The minimum Gasteiger partial charge on any atom is -0.462 e. The number of anilines is 1. The van der Waals surface area contributed by atoms with Gasteiger partial charge in [-0.2, -0.15) is 0 Å². The van der Waals surface area contributed by atoms with Gasteiger partial charge in [0.2, 0.25) is 5.91 Å². The molecule has 2 aromatic carbocycles. The molecule has 29 heavy (non-hydrogen) atoms. The van der Waals surface area contributed by atoms with Crippen molar-refractivity contribution in [2.75, 3.05) is 18.5 Å². The molecule has 2 aromatic rings. The average molecular weight is 392 g/mol. The molecule has 6 nitrogen and oxygen atoms in total. The second-order valence-corrected chi connectivity index (χ2v) is 6.81. The highest BCUT2D eigenvalue weighted by atomic mass is 16.5. The Hall–Kier alpha value is -3.41. The van der Waals surface area contributed by atoms with Crippen molar-refractivity contribution < 1.29 is 19.1 Å². The maximum atomic E-state index is 12.5. The summed E-state index contributed by atoms with van der Waals surface area (Å²) >= 11 is 0. The number of hydrogen-bond acceptors (Lipinski definition) is 4. The molecule has 0 unspecified atom stereocenters. The zero-order valence-corrected chi connectivity index (χ0v) is 16.4. The summed E-state index contributed by atoms with van der Waals surface area (Å²) in [4.78, 5) is 38.2. The van der Waals surface area contributed by atoms with E-state index in [4.69, 9.17) is 4.74 Å². The number of esters is 1. The van der Waals surface area contributed by atoms with E-state index in [-0.39, 0.29) is 30.7 Å². The Morgan fingerprint density at radius 3 is 2.41 bits per heavy atom. The van der Waals surface area contributed by atoms with Crippen LogP contribution in [0.4, 0.5) is 5.69 Å². The first-order chi connectivity index (χ1) is 14.0. The smallest absolute Gasteiger partial charge is 0.338 e. The number of nitrogens with one attached hydrogen (secondary N) is 1. The van der Waals surface area contributed by atoms with Gasteiger partial charge in [0.05, 0.1) is 12.2 Å². The molecule has 1 heterocycles. The number of rotatable bonds is 8. The standard InChI is InChI=1S/C23H24N2O4/c1-3-4-15-29-23(28)17-9-11-18(12-10-17)24-21(26)13-14-25-16(2)19-7-5-6-8-20(19)22(25)27/h5-12H,2-4,13-15H2,1H3,(H,24,26). The summed E-state index contributed by atoms with van der Waals surface area (Å²) in [5.74, 6) is -0.730. The van der Waals surface area contributed by atoms with Gasteiger partial charge in [-0.05, 0) is 36.8 Å². The summed E-state index contributed by atoms with van der Waals surface area (Å²) in [5.41, 5.74) is 3.05. The summed E-state index contributed by atoms with van der Waals surface area (Å²) in [5, 5.41) is 2.78. The second-order valence-electron chi connectivity index (χ2n) is 6.81. The van der Waals surface area contributed by atoms with Crippen molar-refractivity contribution in [3.05, 3.63) is 71.8 Å². The first kappa shape index (κ1) is 20.3. The first-order valence-electron chi connectivity index (χ1n) is 9.68. The van der Waals surface area contributed by atoms with Crippen molar-refractivity contribution in [2.24, 2.45) is 0 Å². The first-order valence-corrected chi connectivity index (χ1v) is 9.68. The van der Waals surface area contributed by atoms with E-state index in [1.54, 1.807) is 30.3 Å². The third-order valence-electron chi connectivity index (χ3n) is 4.74.